The molecule has 398 valence electrons. The number of allylic oxidation sites excluding steroid dienone is 4. The molecule has 2 aromatic heterocycles. The number of thiazole rings is 2. The van der Waals surface area contributed by atoms with E-state index in [0.29, 0.717) is 73.3 Å². The van der Waals surface area contributed by atoms with Crippen molar-refractivity contribution >= 4 is 99.6 Å². The van der Waals surface area contributed by atoms with Gasteiger partial charge in [0.1, 0.15) is 11.6 Å². The summed E-state index contributed by atoms with van der Waals surface area (Å²) in [6.45, 7) is 0. The second-order valence-electron chi connectivity index (χ2n) is 16.7. The van der Waals surface area contributed by atoms with Crippen LogP contribution in [0.4, 0.5) is 27.8 Å². The maximum absolute atomic E-state index is 14.8. The van der Waals surface area contributed by atoms with Crippen LogP contribution in [0.2, 0.25) is 8.67 Å². The lowest BCUT2D eigenvalue weighted by Gasteiger charge is -2.19. The number of hydrogen-bond donors (Lipinski definition) is 2. The zero-order chi connectivity index (χ0) is 54.3. The highest BCUT2D eigenvalue weighted by molar-refractivity contribution is 7.95. The lowest BCUT2D eigenvalue weighted by Crippen LogP contribution is -2.26. The summed E-state index contributed by atoms with van der Waals surface area (Å²) < 4.78 is 132. The average Bonchev–Trinajstić information content (AvgIpc) is 3.93. The summed E-state index contributed by atoms with van der Waals surface area (Å²) in [6.07, 6.45) is 3.91. The first kappa shape index (κ1) is 55.5. The van der Waals surface area contributed by atoms with Crippen LogP contribution in [0.5, 0.6) is 23.3 Å². The lowest BCUT2D eigenvalue weighted by molar-refractivity contribution is -0.140. The van der Waals surface area contributed by atoms with Gasteiger partial charge in [0.25, 0.3) is 23.6 Å². The monoisotopic (exact) mass is 1160 g/mol. The third-order valence-electron chi connectivity index (χ3n) is 11.5. The molecule has 6 aromatic rings. The summed E-state index contributed by atoms with van der Waals surface area (Å²) in [7, 11) is -7.67. The molecule has 2 heterocycles. The van der Waals surface area contributed by atoms with E-state index < -0.39 is 115 Å². The fourth-order valence-corrected chi connectivity index (χ4v) is 12.6. The van der Waals surface area contributed by atoms with Crippen molar-refractivity contribution in [2.45, 2.75) is 86.2 Å². The number of anilines is 2. The Morgan fingerprint density at radius 2 is 0.947 bits per heavy atom. The van der Waals surface area contributed by atoms with Crippen LogP contribution >= 0.6 is 45.9 Å². The fraction of sp³-hybridized carbons (Fsp3) is 0.240. The van der Waals surface area contributed by atoms with Crippen molar-refractivity contribution in [3.8, 4) is 23.3 Å². The van der Waals surface area contributed by atoms with Gasteiger partial charge >= 0.3 is 11.9 Å². The highest BCUT2D eigenvalue weighted by atomic mass is 35.5. The van der Waals surface area contributed by atoms with E-state index in [1.807, 2.05) is 0 Å². The Labute approximate surface area is 449 Å². The molecule has 2 aliphatic rings. The van der Waals surface area contributed by atoms with Crippen molar-refractivity contribution in [1.29, 1.82) is 0 Å². The molecule has 2 amide bonds. The number of carbonyl (C=O) groups excluding carboxylic acids is 4. The summed E-state index contributed by atoms with van der Waals surface area (Å²) in [5.74, 6) is -10.1. The molecule has 0 bridgehead atoms. The summed E-state index contributed by atoms with van der Waals surface area (Å²) in [6, 6.07) is 15.1. The van der Waals surface area contributed by atoms with Gasteiger partial charge in [-0.2, -0.15) is 9.97 Å². The SMILES string of the molecule is O=C(CCC(=O)Oc1nc(NC(=O)C(Oc2ccc(F)cc2F)c2ccc(S(=O)(=O)C3=CCCCC3)cc2)sc1Cl)Oc1nc(NC(=O)C(Oc2ccc(F)cc2F)c2ccc(S(=O)(=O)C3=CCCCC3)cc2)sc1Cl. The van der Waals surface area contributed by atoms with Gasteiger partial charge in [-0.3, -0.25) is 29.8 Å². The van der Waals surface area contributed by atoms with E-state index in [2.05, 4.69) is 20.6 Å². The number of nitrogens with zero attached hydrogens (tertiary/aromatic N) is 2. The van der Waals surface area contributed by atoms with Crippen molar-refractivity contribution in [3.05, 3.63) is 150 Å². The number of benzene rings is 4. The molecule has 4 aromatic carbocycles. The van der Waals surface area contributed by atoms with Crippen molar-refractivity contribution in [2.24, 2.45) is 0 Å². The van der Waals surface area contributed by atoms with E-state index in [0.717, 1.165) is 37.1 Å². The standard InChI is InChI=1S/C50H40Cl2F4N4O12S4/c51-43-47(59-49(73-43)57-45(63)41(69-37-21-15-29(53)25-35(37)55)27-11-17-33(18-12-27)75(65,66)31-7-3-1-4-8-31)71-39(61)23-24-40(62)72-48-44(52)74-50(60-48)58-46(64)42(70-38-22-16-30(54)26-36(38)56)28-13-19-34(20-14-28)76(67,68)32-9-5-2-6-10-32/h7,9,11-22,25-26,41-42H,1-6,8,10,23-24H2,(H,57,59,63)(H,58,60,64). The van der Waals surface area contributed by atoms with Crippen LogP contribution in [0.25, 0.3) is 0 Å². The molecule has 76 heavy (non-hydrogen) atoms. The number of halogens is 6. The highest BCUT2D eigenvalue weighted by Gasteiger charge is 2.31. The number of hydrogen-bond acceptors (Lipinski definition) is 16. The molecule has 2 unspecified atom stereocenters. The molecular formula is C50H40Cl2F4N4O12S4. The first-order valence-electron chi connectivity index (χ1n) is 22.9. The van der Waals surface area contributed by atoms with E-state index in [1.54, 1.807) is 12.2 Å². The second kappa shape index (κ2) is 24.1. The van der Waals surface area contributed by atoms with E-state index in [9.17, 15) is 53.6 Å². The summed E-state index contributed by atoms with van der Waals surface area (Å²) in [5, 5.41) is 4.41. The minimum absolute atomic E-state index is 0.0439. The molecule has 0 saturated heterocycles. The van der Waals surface area contributed by atoms with Gasteiger partial charge in [0, 0.05) is 33.1 Å². The smallest absolute Gasteiger partial charge is 0.313 e. The Morgan fingerprint density at radius 3 is 1.29 bits per heavy atom. The first-order valence-corrected chi connectivity index (χ1v) is 28.3. The van der Waals surface area contributed by atoms with Crippen molar-refractivity contribution < 1.29 is 72.5 Å². The van der Waals surface area contributed by atoms with Crippen LogP contribution in [0.3, 0.4) is 0 Å². The third-order valence-corrected chi connectivity index (χ3v) is 17.6. The van der Waals surface area contributed by atoms with Gasteiger partial charge in [0.05, 0.1) is 22.6 Å². The minimum Gasteiger partial charge on any atom is -0.473 e. The first-order chi connectivity index (χ1) is 36.2. The molecule has 8 rings (SSSR count). The second-order valence-corrected chi connectivity index (χ2v) is 24.0. The summed E-state index contributed by atoms with van der Waals surface area (Å²) in [4.78, 5) is 61.8. The number of sulfone groups is 2. The Hall–Kier alpha value is -6.70. The molecule has 2 atom stereocenters. The fourth-order valence-electron chi connectivity index (χ4n) is 7.66. The topological polar surface area (TPSA) is 223 Å². The van der Waals surface area contributed by atoms with Crippen LogP contribution in [-0.4, -0.2) is 50.6 Å². The van der Waals surface area contributed by atoms with Gasteiger partial charge in [-0.15, -0.1) is 0 Å². The van der Waals surface area contributed by atoms with Crippen LogP contribution in [0, 0.1) is 23.3 Å². The molecule has 0 aliphatic heterocycles. The van der Waals surface area contributed by atoms with Gasteiger partial charge in [0.15, 0.2) is 42.1 Å². The molecule has 2 N–H and O–H groups in total. The molecular weight excluding hydrogens is 1120 g/mol. The summed E-state index contributed by atoms with van der Waals surface area (Å²) in [5.41, 5.74) is 0.140. The number of nitrogens with one attached hydrogen (secondary N) is 2. The van der Waals surface area contributed by atoms with Crippen molar-refractivity contribution in [3.63, 3.8) is 0 Å². The van der Waals surface area contributed by atoms with Gasteiger partial charge in [-0.1, -0.05) is 82.3 Å². The normalized spacial score (nSPS) is 14.6. The van der Waals surface area contributed by atoms with Crippen LogP contribution in [-0.2, 0) is 38.9 Å². The Morgan fingerprint density at radius 1 is 0.566 bits per heavy atom. The average molecular weight is 1160 g/mol. The van der Waals surface area contributed by atoms with Crippen LogP contribution in [0.15, 0.2) is 117 Å². The number of rotatable bonds is 19. The molecule has 0 spiro atoms. The largest absolute Gasteiger partial charge is 0.473 e. The van der Waals surface area contributed by atoms with Gasteiger partial charge in [-0.25, -0.2) is 34.4 Å². The van der Waals surface area contributed by atoms with Crippen molar-refractivity contribution in [1.82, 2.24) is 9.97 Å². The number of amides is 2. The number of carbonyl (C=O) groups is 4. The minimum atomic E-state index is -3.83. The zero-order valence-electron chi connectivity index (χ0n) is 39.2. The lowest BCUT2D eigenvalue weighted by atomic mass is 10.1. The van der Waals surface area contributed by atoms with Crippen LogP contribution in [0.1, 0.15) is 87.5 Å². The van der Waals surface area contributed by atoms with E-state index in [1.165, 1.54) is 48.5 Å². The van der Waals surface area contributed by atoms with Gasteiger partial charge in [-0.05, 0) is 99.9 Å². The van der Waals surface area contributed by atoms with Crippen LogP contribution < -0.4 is 29.6 Å². The predicted molar refractivity (Wildman–Crippen MR) is 272 cm³/mol. The Bertz CT molecular complexity index is 3280. The molecule has 0 fully saturated rings. The Balaban J connectivity index is 0.887. The quantitative estimate of drug-likeness (QED) is 0.0569. The van der Waals surface area contributed by atoms with E-state index >= 15 is 0 Å². The number of esters is 2. The van der Waals surface area contributed by atoms with Crippen molar-refractivity contribution in [2.75, 3.05) is 10.6 Å². The highest BCUT2D eigenvalue weighted by Crippen LogP contribution is 2.38. The number of ether oxygens (including phenoxy) is 4. The molecule has 2 aliphatic carbocycles. The predicted octanol–water partition coefficient (Wildman–Crippen LogP) is 11.7. The van der Waals surface area contributed by atoms with E-state index in [-0.39, 0.29) is 49.7 Å². The molecule has 16 nitrogen and oxygen atoms in total. The third kappa shape index (κ3) is 13.5. The van der Waals surface area contributed by atoms with E-state index in [4.69, 9.17) is 42.1 Å². The molecule has 0 radical (unpaired) electrons. The number of aromatic nitrogens is 2. The Kier molecular flexibility index (Phi) is 17.6. The molecule has 26 heteroatoms. The maximum atomic E-state index is 14.8. The molecule has 0 saturated carbocycles. The van der Waals surface area contributed by atoms with Gasteiger partial charge in [0.2, 0.25) is 31.9 Å². The maximum Gasteiger partial charge on any atom is 0.313 e. The zero-order valence-corrected chi connectivity index (χ0v) is 43.9. The summed E-state index contributed by atoms with van der Waals surface area (Å²) >= 11 is 13.9. The van der Waals surface area contributed by atoms with Gasteiger partial charge < -0.3 is 18.9 Å².